The van der Waals surface area contributed by atoms with Crippen molar-refractivity contribution in [3.05, 3.63) is 33.1 Å². The summed E-state index contributed by atoms with van der Waals surface area (Å²) in [5.41, 5.74) is 2.17. The maximum absolute atomic E-state index is 13.2. The Kier molecular flexibility index (Phi) is 5.89. The van der Waals surface area contributed by atoms with Crippen LogP contribution in [-0.4, -0.2) is 33.6 Å². The van der Waals surface area contributed by atoms with Gasteiger partial charge in [0.15, 0.2) is 0 Å². The normalized spacial score (nSPS) is 20.0. The van der Waals surface area contributed by atoms with Crippen LogP contribution in [0, 0.1) is 0 Å². The van der Waals surface area contributed by atoms with Gasteiger partial charge in [-0.3, -0.25) is 14.5 Å². The number of unbranched alkanes of at least 4 members (excludes halogenated alkanes) is 2. The molecule has 0 saturated carbocycles. The van der Waals surface area contributed by atoms with Gasteiger partial charge in [-0.05, 0) is 38.5 Å². The van der Waals surface area contributed by atoms with Crippen LogP contribution in [0.5, 0.6) is 0 Å². The molecule has 2 aliphatic heterocycles. The molecule has 2 amide bonds. The summed E-state index contributed by atoms with van der Waals surface area (Å²) >= 11 is 10.1. The number of carbonyl (C=O) groups excluding carboxylic acids is 2. The maximum Gasteiger partial charge on any atom is 0.267 e. The number of rotatable bonds is 5. The van der Waals surface area contributed by atoms with Crippen LogP contribution >= 0.6 is 39.9 Å². The predicted octanol–water partition coefficient (Wildman–Crippen LogP) is 4.97. The fourth-order valence-corrected chi connectivity index (χ4v) is 5.20. The van der Waals surface area contributed by atoms with Gasteiger partial charge in [-0.1, -0.05) is 59.7 Å². The number of benzene rings is 1. The van der Waals surface area contributed by atoms with E-state index in [1.165, 1.54) is 11.8 Å². The van der Waals surface area contributed by atoms with Crippen LogP contribution in [0.4, 0.5) is 5.69 Å². The summed E-state index contributed by atoms with van der Waals surface area (Å²) in [5.74, 6) is -0.266. The molecule has 26 heavy (non-hydrogen) atoms. The van der Waals surface area contributed by atoms with Crippen LogP contribution in [0.3, 0.4) is 0 Å². The molecule has 0 unspecified atom stereocenters. The van der Waals surface area contributed by atoms with E-state index in [2.05, 4.69) is 22.9 Å². The minimum atomic E-state index is -0.167. The summed E-state index contributed by atoms with van der Waals surface area (Å²) < 4.78 is 1.40. The lowest BCUT2D eigenvalue weighted by molar-refractivity contribution is -0.123. The van der Waals surface area contributed by atoms with Crippen molar-refractivity contribution in [3.8, 4) is 0 Å². The topological polar surface area (TPSA) is 40.6 Å². The molecular weight excluding hydrogens is 432 g/mol. The Labute approximate surface area is 172 Å². The number of halogens is 1. The number of carbonyl (C=O) groups is 2. The highest BCUT2D eigenvalue weighted by atomic mass is 79.9. The van der Waals surface area contributed by atoms with Crippen LogP contribution in [-0.2, 0) is 9.59 Å². The molecule has 3 rings (SSSR count). The van der Waals surface area contributed by atoms with E-state index in [1.807, 2.05) is 32.0 Å². The zero-order valence-corrected chi connectivity index (χ0v) is 18.3. The average molecular weight is 453 g/mol. The molecule has 0 radical (unpaired) electrons. The van der Waals surface area contributed by atoms with Gasteiger partial charge in [0.05, 0.1) is 16.2 Å². The first-order valence-corrected chi connectivity index (χ1v) is 10.8. The quantitative estimate of drug-likeness (QED) is 0.359. The molecule has 1 saturated heterocycles. The Hall–Kier alpha value is -1.18. The number of hydrogen-bond donors (Lipinski definition) is 0. The molecule has 1 aromatic carbocycles. The minimum Gasteiger partial charge on any atom is -0.308 e. The van der Waals surface area contributed by atoms with E-state index in [1.54, 1.807) is 9.80 Å². The van der Waals surface area contributed by atoms with Gasteiger partial charge < -0.3 is 4.90 Å². The highest BCUT2D eigenvalue weighted by Gasteiger charge is 2.42. The number of anilines is 1. The van der Waals surface area contributed by atoms with Gasteiger partial charge in [-0.25, -0.2) is 0 Å². The van der Waals surface area contributed by atoms with Gasteiger partial charge in [0.1, 0.15) is 4.32 Å². The Bertz CT molecular complexity index is 820. The summed E-state index contributed by atoms with van der Waals surface area (Å²) in [7, 11) is 0. The van der Waals surface area contributed by atoms with Crippen LogP contribution in [0.15, 0.2) is 27.6 Å². The first kappa shape index (κ1) is 19.6. The zero-order chi connectivity index (χ0) is 19.0. The van der Waals surface area contributed by atoms with Gasteiger partial charge in [-0.2, -0.15) is 0 Å². The van der Waals surface area contributed by atoms with E-state index >= 15 is 0 Å². The van der Waals surface area contributed by atoms with Crippen molar-refractivity contribution in [2.45, 2.75) is 46.1 Å². The molecule has 0 N–H and O–H groups in total. The molecule has 1 aromatic rings. The van der Waals surface area contributed by atoms with Crippen molar-refractivity contribution in [3.63, 3.8) is 0 Å². The second kappa shape index (κ2) is 7.82. The number of fused-ring (bicyclic) bond motifs is 1. The third kappa shape index (κ3) is 3.37. The molecule has 138 valence electrons. The molecule has 7 heteroatoms. The lowest BCUT2D eigenvalue weighted by Gasteiger charge is -2.18. The molecule has 4 nitrogen and oxygen atoms in total. The number of nitrogens with zero attached hydrogens (tertiary/aromatic N) is 2. The fourth-order valence-electron chi connectivity index (χ4n) is 3.24. The fraction of sp³-hybridized carbons (Fsp3) is 0.421. The van der Waals surface area contributed by atoms with Crippen LogP contribution in [0.1, 0.15) is 45.6 Å². The average Bonchev–Trinajstić information content (AvgIpc) is 3.01. The SMILES string of the molecule is CCCCCN1C(=O)C(=C2SC(=S)N(C(C)C)C2=O)c2cc(Br)ccc21. The Balaban J connectivity index is 2.08. The first-order valence-electron chi connectivity index (χ1n) is 8.78. The van der Waals surface area contributed by atoms with Crippen LogP contribution in [0.25, 0.3) is 5.57 Å². The summed E-state index contributed by atoms with van der Waals surface area (Å²) in [6, 6.07) is 5.77. The second-order valence-corrected chi connectivity index (χ2v) is 9.23. The van der Waals surface area contributed by atoms with Crippen molar-refractivity contribution >= 4 is 67.3 Å². The number of thiocarbonyl (C=S) groups is 1. The number of thioether (sulfide) groups is 1. The molecule has 0 aromatic heterocycles. The van der Waals surface area contributed by atoms with E-state index in [-0.39, 0.29) is 17.9 Å². The van der Waals surface area contributed by atoms with E-state index < -0.39 is 0 Å². The first-order chi connectivity index (χ1) is 12.4. The molecule has 1 fully saturated rings. The lowest BCUT2D eigenvalue weighted by atomic mass is 10.1. The molecular formula is C19H21BrN2O2S2. The molecule has 2 aliphatic rings. The molecule has 2 heterocycles. The number of amides is 2. The minimum absolute atomic E-state index is 0.0280. The molecule has 0 bridgehead atoms. The molecule has 0 atom stereocenters. The van der Waals surface area contributed by atoms with Gasteiger partial charge in [0.25, 0.3) is 11.8 Å². The maximum atomic E-state index is 13.2. The van der Waals surface area contributed by atoms with Crippen molar-refractivity contribution in [1.82, 2.24) is 4.90 Å². The van der Waals surface area contributed by atoms with Gasteiger partial charge in [0, 0.05) is 22.6 Å². The highest BCUT2D eigenvalue weighted by molar-refractivity contribution is 9.10. The zero-order valence-electron chi connectivity index (χ0n) is 15.0. The lowest BCUT2D eigenvalue weighted by Crippen LogP contribution is -2.35. The summed E-state index contributed by atoms with van der Waals surface area (Å²) in [5, 5.41) is 0. The van der Waals surface area contributed by atoms with Gasteiger partial charge >= 0.3 is 0 Å². The Morgan fingerprint density at radius 2 is 1.92 bits per heavy atom. The summed E-state index contributed by atoms with van der Waals surface area (Å²) in [6.45, 7) is 6.65. The Morgan fingerprint density at radius 3 is 2.54 bits per heavy atom. The molecule has 0 aliphatic carbocycles. The van der Waals surface area contributed by atoms with Crippen LogP contribution in [0.2, 0.25) is 0 Å². The molecule has 0 spiro atoms. The van der Waals surface area contributed by atoms with E-state index in [0.29, 0.717) is 21.3 Å². The van der Waals surface area contributed by atoms with Crippen molar-refractivity contribution in [2.75, 3.05) is 11.4 Å². The second-order valence-electron chi connectivity index (χ2n) is 6.67. The van der Waals surface area contributed by atoms with Gasteiger partial charge in [-0.15, -0.1) is 0 Å². The predicted molar refractivity (Wildman–Crippen MR) is 115 cm³/mol. The van der Waals surface area contributed by atoms with Crippen molar-refractivity contribution in [2.24, 2.45) is 0 Å². The van der Waals surface area contributed by atoms with E-state index in [0.717, 1.165) is 35.0 Å². The van der Waals surface area contributed by atoms with Crippen molar-refractivity contribution < 1.29 is 9.59 Å². The van der Waals surface area contributed by atoms with Gasteiger partial charge in [0.2, 0.25) is 0 Å². The third-order valence-electron chi connectivity index (χ3n) is 4.51. The summed E-state index contributed by atoms with van der Waals surface area (Å²) in [6.07, 6.45) is 3.10. The third-order valence-corrected chi connectivity index (χ3v) is 6.40. The smallest absolute Gasteiger partial charge is 0.267 e. The monoisotopic (exact) mass is 452 g/mol. The number of hydrogen-bond acceptors (Lipinski definition) is 4. The standard InChI is InChI=1S/C19H21BrN2O2S2/c1-4-5-6-9-21-14-8-7-12(20)10-13(14)15(17(21)23)16-18(24)22(11(2)3)19(25)26-16/h7-8,10-11H,4-6,9H2,1-3H3. The van der Waals surface area contributed by atoms with Crippen LogP contribution < -0.4 is 4.90 Å². The van der Waals surface area contributed by atoms with E-state index in [9.17, 15) is 9.59 Å². The van der Waals surface area contributed by atoms with E-state index in [4.69, 9.17) is 12.2 Å². The Morgan fingerprint density at radius 1 is 1.19 bits per heavy atom. The van der Waals surface area contributed by atoms with Crippen molar-refractivity contribution in [1.29, 1.82) is 0 Å². The summed E-state index contributed by atoms with van der Waals surface area (Å²) in [4.78, 5) is 30.0. The highest BCUT2D eigenvalue weighted by Crippen LogP contribution is 2.45. The largest absolute Gasteiger partial charge is 0.308 e.